The Balaban J connectivity index is 1.08. The molecule has 3 aromatic heterocycles. The highest BCUT2D eigenvalue weighted by Crippen LogP contribution is 2.32. The van der Waals surface area contributed by atoms with E-state index in [0.29, 0.717) is 49.1 Å². The van der Waals surface area contributed by atoms with Crippen molar-refractivity contribution in [2.24, 2.45) is 0 Å². The van der Waals surface area contributed by atoms with E-state index in [1.807, 2.05) is 41.3 Å². The molecule has 2 aromatic carbocycles. The van der Waals surface area contributed by atoms with Crippen LogP contribution in [-0.2, 0) is 16.1 Å². The van der Waals surface area contributed by atoms with Crippen LogP contribution in [0.5, 0.6) is 0 Å². The lowest BCUT2D eigenvalue weighted by atomic mass is 10.2. The molecule has 1 saturated heterocycles. The Kier molecular flexibility index (Phi) is 5.89. The smallest absolute Gasteiger partial charge is 0.316 e. The molecule has 186 valence electrons. The zero-order valence-corrected chi connectivity index (χ0v) is 20.3. The van der Waals surface area contributed by atoms with E-state index in [1.165, 1.54) is 17.6 Å². The summed E-state index contributed by atoms with van der Waals surface area (Å²) in [5.41, 5.74) is 3.08. The third-order valence-electron chi connectivity index (χ3n) is 6.22. The van der Waals surface area contributed by atoms with Gasteiger partial charge in [-0.2, -0.15) is 0 Å². The topological polar surface area (TPSA) is 122 Å². The number of carbonyl (C=O) groups is 2. The minimum absolute atomic E-state index is 0.0687. The van der Waals surface area contributed by atoms with Gasteiger partial charge in [-0.05, 0) is 29.8 Å². The van der Waals surface area contributed by atoms with Gasteiger partial charge in [0.1, 0.15) is 23.8 Å². The van der Waals surface area contributed by atoms with Crippen molar-refractivity contribution in [1.29, 1.82) is 0 Å². The molecule has 1 fully saturated rings. The van der Waals surface area contributed by atoms with Crippen LogP contribution >= 0.6 is 11.6 Å². The Bertz CT molecular complexity index is 1610. The second kappa shape index (κ2) is 9.51. The highest BCUT2D eigenvalue weighted by molar-refractivity contribution is 6.39. The van der Waals surface area contributed by atoms with Gasteiger partial charge in [0.15, 0.2) is 11.4 Å². The lowest BCUT2D eigenvalue weighted by molar-refractivity contribution is -0.143. The third-order valence-corrected chi connectivity index (χ3v) is 6.47. The summed E-state index contributed by atoms with van der Waals surface area (Å²) < 4.78 is 7.60. The predicted octanol–water partition coefficient (Wildman–Crippen LogP) is 2.96. The molecule has 12 heteroatoms. The van der Waals surface area contributed by atoms with Crippen LogP contribution in [0.4, 0.5) is 11.8 Å². The first-order chi connectivity index (χ1) is 18.0. The van der Waals surface area contributed by atoms with Gasteiger partial charge in [0, 0.05) is 36.6 Å². The maximum atomic E-state index is 12.8. The molecule has 0 saturated carbocycles. The SMILES string of the molecule is O=C(Nc1ncn(Cc2ccc(Cl)cc2)n1)C(=O)N1CCN(c2ncnc3c2oc2ccccc23)CC1. The molecule has 2 amide bonds. The maximum Gasteiger partial charge on any atom is 0.316 e. The molecule has 4 heterocycles. The second-order valence-corrected chi connectivity index (χ2v) is 9.04. The zero-order valence-electron chi connectivity index (χ0n) is 19.5. The normalized spacial score (nSPS) is 13.9. The average Bonchev–Trinajstić information content (AvgIpc) is 3.53. The summed E-state index contributed by atoms with van der Waals surface area (Å²) in [5, 5.41) is 8.30. The van der Waals surface area contributed by atoms with Crippen molar-refractivity contribution in [1.82, 2.24) is 29.6 Å². The number of para-hydroxylation sites is 1. The molecule has 0 spiro atoms. The van der Waals surface area contributed by atoms with Gasteiger partial charge in [-0.1, -0.05) is 35.9 Å². The van der Waals surface area contributed by atoms with E-state index in [-0.39, 0.29) is 5.95 Å². The number of benzene rings is 2. The molecule has 37 heavy (non-hydrogen) atoms. The van der Waals surface area contributed by atoms with Crippen LogP contribution in [0.2, 0.25) is 5.02 Å². The van der Waals surface area contributed by atoms with Crippen LogP contribution < -0.4 is 10.2 Å². The number of nitrogens with one attached hydrogen (secondary N) is 1. The fourth-order valence-electron chi connectivity index (χ4n) is 4.36. The molecule has 0 unspecified atom stereocenters. The van der Waals surface area contributed by atoms with Crippen molar-refractivity contribution in [2.45, 2.75) is 6.54 Å². The molecule has 0 atom stereocenters. The molecule has 1 aliphatic heterocycles. The highest BCUT2D eigenvalue weighted by atomic mass is 35.5. The van der Waals surface area contributed by atoms with Crippen LogP contribution in [-0.4, -0.2) is 67.6 Å². The number of rotatable bonds is 4. The van der Waals surface area contributed by atoms with Crippen molar-refractivity contribution in [3.8, 4) is 0 Å². The first kappa shape index (κ1) is 22.9. The van der Waals surface area contributed by atoms with Crippen LogP contribution in [0.3, 0.4) is 0 Å². The van der Waals surface area contributed by atoms with Gasteiger partial charge in [0.2, 0.25) is 5.95 Å². The van der Waals surface area contributed by atoms with Gasteiger partial charge >= 0.3 is 11.8 Å². The molecule has 5 aromatic rings. The number of anilines is 2. The zero-order chi connectivity index (χ0) is 25.4. The number of piperazine rings is 1. The molecule has 1 aliphatic rings. The molecule has 11 nitrogen and oxygen atoms in total. The summed E-state index contributed by atoms with van der Waals surface area (Å²) in [7, 11) is 0. The van der Waals surface area contributed by atoms with E-state index >= 15 is 0 Å². The van der Waals surface area contributed by atoms with Crippen LogP contribution in [0.25, 0.3) is 22.1 Å². The van der Waals surface area contributed by atoms with Crippen molar-refractivity contribution < 1.29 is 14.0 Å². The summed E-state index contributed by atoms with van der Waals surface area (Å²) in [5.74, 6) is -0.669. The standard InChI is InChI=1S/C25H21ClN8O3/c26-17-7-5-16(6-8-17)13-34-15-29-25(31-34)30-23(35)24(36)33-11-9-32(10-12-33)22-21-20(27-14-28-22)18-3-1-2-4-19(18)37-21/h1-8,14-15H,9-13H2,(H,30,31,35). The summed E-state index contributed by atoms with van der Waals surface area (Å²) >= 11 is 5.92. The minimum Gasteiger partial charge on any atom is -0.450 e. The Morgan fingerprint density at radius 1 is 0.973 bits per heavy atom. The number of aromatic nitrogens is 5. The number of halogens is 1. The van der Waals surface area contributed by atoms with Crippen molar-refractivity contribution >= 4 is 57.3 Å². The van der Waals surface area contributed by atoms with E-state index in [4.69, 9.17) is 16.0 Å². The van der Waals surface area contributed by atoms with Gasteiger partial charge in [-0.3, -0.25) is 14.9 Å². The van der Waals surface area contributed by atoms with E-state index in [1.54, 1.807) is 16.8 Å². The molecule has 6 rings (SSSR count). The van der Waals surface area contributed by atoms with Crippen molar-refractivity contribution in [3.05, 3.63) is 71.8 Å². The molecule has 0 aliphatic carbocycles. The number of carbonyl (C=O) groups excluding carboxylic acids is 2. The summed E-state index contributed by atoms with van der Waals surface area (Å²) in [6.07, 6.45) is 3.01. The fourth-order valence-corrected chi connectivity index (χ4v) is 4.49. The largest absolute Gasteiger partial charge is 0.450 e. The third kappa shape index (κ3) is 4.56. The van der Waals surface area contributed by atoms with E-state index in [9.17, 15) is 9.59 Å². The number of nitrogens with zero attached hydrogens (tertiary/aromatic N) is 7. The van der Waals surface area contributed by atoms with Crippen molar-refractivity contribution in [3.63, 3.8) is 0 Å². The van der Waals surface area contributed by atoms with Crippen molar-refractivity contribution in [2.75, 3.05) is 36.4 Å². The molecule has 0 bridgehead atoms. The average molecular weight is 517 g/mol. The predicted molar refractivity (Wildman–Crippen MR) is 137 cm³/mol. The number of amides is 2. The number of hydrogen-bond acceptors (Lipinski definition) is 8. The Morgan fingerprint density at radius 3 is 2.57 bits per heavy atom. The van der Waals surface area contributed by atoms with Gasteiger partial charge < -0.3 is 14.2 Å². The monoisotopic (exact) mass is 516 g/mol. The van der Waals surface area contributed by atoms with Crippen LogP contribution in [0.1, 0.15) is 5.56 Å². The highest BCUT2D eigenvalue weighted by Gasteiger charge is 2.28. The van der Waals surface area contributed by atoms with E-state index in [0.717, 1.165) is 22.0 Å². The lowest BCUT2D eigenvalue weighted by Crippen LogP contribution is -2.51. The van der Waals surface area contributed by atoms with E-state index in [2.05, 4.69) is 25.4 Å². The Labute approximate surface area is 215 Å². The van der Waals surface area contributed by atoms with Gasteiger partial charge in [-0.15, -0.1) is 5.10 Å². The Hall–Kier alpha value is -4.51. The first-order valence-electron chi connectivity index (χ1n) is 11.7. The van der Waals surface area contributed by atoms with Gasteiger partial charge in [0.25, 0.3) is 0 Å². The molecule has 0 radical (unpaired) electrons. The Morgan fingerprint density at radius 2 is 1.76 bits per heavy atom. The molecular formula is C25H21ClN8O3. The fraction of sp³-hybridized carbons (Fsp3) is 0.200. The number of fused-ring (bicyclic) bond motifs is 3. The van der Waals surface area contributed by atoms with E-state index < -0.39 is 11.8 Å². The first-order valence-corrected chi connectivity index (χ1v) is 12.0. The second-order valence-electron chi connectivity index (χ2n) is 8.60. The summed E-state index contributed by atoms with van der Waals surface area (Å²) in [6, 6.07) is 15.0. The number of hydrogen-bond donors (Lipinski definition) is 1. The van der Waals surface area contributed by atoms with Gasteiger partial charge in [-0.25, -0.2) is 19.6 Å². The quantitative estimate of drug-likeness (QED) is 0.362. The van der Waals surface area contributed by atoms with Crippen LogP contribution in [0, 0.1) is 0 Å². The lowest BCUT2D eigenvalue weighted by Gasteiger charge is -2.34. The molecule has 1 N–H and O–H groups in total. The number of furan rings is 1. The molecular weight excluding hydrogens is 496 g/mol. The summed E-state index contributed by atoms with van der Waals surface area (Å²) in [6.45, 7) is 2.16. The summed E-state index contributed by atoms with van der Waals surface area (Å²) in [4.78, 5) is 41.8. The van der Waals surface area contributed by atoms with Crippen LogP contribution in [0.15, 0.2) is 65.6 Å². The minimum atomic E-state index is -0.778. The van der Waals surface area contributed by atoms with Gasteiger partial charge in [0.05, 0.1) is 6.54 Å². The maximum absolute atomic E-state index is 12.8.